The second kappa shape index (κ2) is 5.27. The maximum Gasteiger partial charge on any atom is 0.236 e. The number of likely N-dealkylation sites (N-methyl/N-ethyl adjacent to an activating group) is 1. The van der Waals surface area contributed by atoms with Crippen LogP contribution in [-0.4, -0.2) is 46.4 Å². The molecule has 0 bridgehead atoms. The number of aromatic nitrogens is 3. The van der Waals surface area contributed by atoms with Crippen molar-refractivity contribution in [1.82, 2.24) is 25.2 Å². The van der Waals surface area contributed by atoms with Crippen LogP contribution in [0.2, 0.25) is 0 Å². The molecule has 0 fully saturated rings. The van der Waals surface area contributed by atoms with Crippen LogP contribution in [0.1, 0.15) is 26.5 Å². The number of rotatable bonds is 4. The first-order valence-corrected chi connectivity index (χ1v) is 5.63. The predicted octanol–water partition coefficient (Wildman–Crippen LogP) is 0.211. The Labute approximate surface area is 102 Å². The van der Waals surface area contributed by atoms with Crippen LogP contribution in [0.3, 0.4) is 0 Å². The van der Waals surface area contributed by atoms with Gasteiger partial charge in [0.1, 0.15) is 0 Å². The molecule has 0 spiro atoms. The average Bonchev–Trinajstić information content (AvgIpc) is 2.65. The number of carbonyl (C=O) groups is 1. The maximum atomic E-state index is 11.3. The number of hydrogen-bond acceptors (Lipinski definition) is 4. The van der Waals surface area contributed by atoms with Crippen molar-refractivity contribution in [3.63, 3.8) is 0 Å². The van der Waals surface area contributed by atoms with E-state index >= 15 is 0 Å². The second-order valence-corrected chi connectivity index (χ2v) is 5.22. The highest BCUT2D eigenvalue weighted by atomic mass is 16.2. The van der Waals surface area contributed by atoms with Crippen LogP contribution in [0, 0.1) is 0 Å². The molecule has 1 amide bonds. The SMILES string of the molecule is CN(C)C(=O)CNCc1cn(C(C)(C)C)nn1. The average molecular weight is 239 g/mol. The summed E-state index contributed by atoms with van der Waals surface area (Å²) >= 11 is 0. The molecule has 6 nitrogen and oxygen atoms in total. The molecular weight excluding hydrogens is 218 g/mol. The zero-order valence-corrected chi connectivity index (χ0v) is 11.2. The summed E-state index contributed by atoms with van der Waals surface area (Å²) in [6, 6.07) is 0. The summed E-state index contributed by atoms with van der Waals surface area (Å²) < 4.78 is 1.82. The van der Waals surface area contributed by atoms with Gasteiger partial charge in [-0.05, 0) is 20.8 Å². The topological polar surface area (TPSA) is 63.1 Å². The van der Waals surface area contributed by atoms with Gasteiger partial charge < -0.3 is 10.2 Å². The lowest BCUT2D eigenvalue weighted by Gasteiger charge is -2.17. The van der Waals surface area contributed by atoms with Crippen molar-refractivity contribution in [2.75, 3.05) is 20.6 Å². The smallest absolute Gasteiger partial charge is 0.236 e. The third-order valence-corrected chi connectivity index (χ3v) is 2.31. The minimum atomic E-state index is -0.0648. The quantitative estimate of drug-likeness (QED) is 0.816. The molecule has 0 aromatic carbocycles. The van der Waals surface area contributed by atoms with E-state index in [2.05, 4.69) is 36.4 Å². The van der Waals surface area contributed by atoms with Crippen molar-refractivity contribution >= 4 is 5.91 Å². The van der Waals surface area contributed by atoms with Crippen LogP contribution >= 0.6 is 0 Å². The molecule has 0 radical (unpaired) electrons. The fourth-order valence-electron chi connectivity index (χ4n) is 1.16. The van der Waals surface area contributed by atoms with Gasteiger partial charge in [0, 0.05) is 20.6 Å². The van der Waals surface area contributed by atoms with Crippen molar-refractivity contribution in [3.05, 3.63) is 11.9 Å². The number of nitrogens with zero attached hydrogens (tertiary/aromatic N) is 4. The van der Waals surface area contributed by atoms with E-state index in [1.54, 1.807) is 19.0 Å². The summed E-state index contributed by atoms with van der Waals surface area (Å²) in [5.74, 6) is 0.0493. The first kappa shape index (κ1) is 13.6. The predicted molar refractivity (Wildman–Crippen MR) is 65.4 cm³/mol. The minimum absolute atomic E-state index is 0.0493. The lowest BCUT2D eigenvalue weighted by atomic mass is 10.1. The molecule has 1 aromatic rings. The van der Waals surface area contributed by atoms with Crippen LogP contribution in [0.4, 0.5) is 0 Å². The van der Waals surface area contributed by atoms with Crippen molar-refractivity contribution in [2.24, 2.45) is 0 Å². The van der Waals surface area contributed by atoms with Crippen LogP contribution in [0.15, 0.2) is 6.20 Å². The van der Waals surface area contributed by atoms with Crippen molar-refractivity contribution in [3.8, 4) is 0 Å². The van der Waals surface area contributed by atoms with Crippen molar-refractivity contribution < 1.29 is 4.79 Å². The molecule has 6 heteroatoms. The van der Waals surface area contributed by atoms with Gasteiger partial charge >= 0.3 is 0 Å². The Morgan fingerprint density at radius 3 is 2.59 bits per heavy atom. The summed E-state index contributed by atoms with van der Waals surface area (Å²) in [4.78, 5) is 12.9. The molecule has 0 saturated carbocycles. The van der Waals surface area contributed by atoms with E-state index in [1.165, 1.54) is 0 Å². The molecular formula is C11H21N5O. The van der Waals surface area contributed by atoms with E-state index < -0.39 is 0 Å². The third-order valence-electron chi connectivity index (χ3n) is 2.31. The van der Waals surface area contributed by atoms with Gasteiger partial charge in [-0.15, -0.1) is 5.10 Å². The van der Waals surface area contributed by atoms with Crippen LogP contribution in [0.5, 0.6) is 0 Å². The van der Waals surface area contributed by atoms with Gasteiger partial charge in [-0.1, -0.05) is 5.21 Å². The molecule has 96 valence electrons. The van der Waals surface area contributed by atoms with Gasteiger partial charge in [-0.2, -0.15) is 0 Å². The molecule has 0 atom stereocenters. The summed E-state index contributed by atoms with van der Waals surface area (Å²) in [5.41, 5.74) is 0.775. The normalized spacial score (nSPS) is 11.6. The minimum Gasteiger partial charge on any atom is -0.348 e. The van der Waals surface area contributed by atoms with Crippen LogP contribution in [-0.2, 0) is 16.9 Å². The molecule has 1 aromatic heterocycles. The zero-order valence-electron chi connectivity index (χ0n) is 11.2. The van der Waals surface area contributed by atoms with Gasteiger partial charge in [0.2, 0.25) is 5.91 Å². The van der Waals surface area contributed by atoms with Gasteiger partial charge in [-0.3, -0.25) is 4.79 Å². The summed E-state index contributed by atoms with van der Waals surface area (Å²) in [5, 5.41) is 11.1. The Morgan fingerprint density at radius 2 is 2.12 bits per heavy atom. The largest absolute Gasteiger partial charge is 0.348 e. The highest BCUT2D eigenvalue weighted by Gasteiger charge is 2.14. The van der Waals surface area contributed by atoms with E-state index in [0.29, 0.717) is 13.1 Å². The zero-order chi connectivity index (χ0) is 13.1. The highest BCUT2D eigenvalue weighted by Crippen LogP contribution is 2.11. The van der Waals surface area contributed by atoms with Crippen LogP contribution < -0.4 is 5.32 Å². The highest BCUT2D eigenvalue weighted by molar-refractivity contribution is 5.77. The van der Waals surface area contributed by atoms with Gasteiger partial charge in [0.05, 0.1) is 24.0 Å². The Balaban J connectivity index is 2.43. The molecule has 0 aliphatic rings. The van der Waals surface area contributed by atoms with Crippen LogP contribution in [0.25, 0.3) is 0 Å². The lowest BCUT2D eigenvalue weighted by Crippen LogP contribution is -2.32. The summed E-state index contributed by atoms with van der Waals surface area (Å²) in [6.07, 6.45) is 1.90. The molecule has 1 heterocycles. The molecule has 1 N–H and O–H groups in total. The third kappa shape index (κ3) is 4.14. The van der Waals surface area contributed by atoms with Gasteiger partial charge in [-0.25, -0.2) is 4.68 Å². The fourth-order valence-corrected chi connectivity index (χ4v) is 1.16. The number of nitrogens with one attached hydrogen (secondary N) is 1. The standard InChI is InChI=1S/C11H21N5O/c1-11(2,3)16-8-9(13-14-16)6-12-7-10(17)15(4)5/h8,12H,6-7H2,1-5H3. The lowest BCUT2D eigenvalue weighted by molar-refractivity contribution is -0.127. The van der Waals surface area contributed by atoms with Gasteiger partial charge in [0.25, 0.3) is 0 Å². The fraction of sp³-hybridized carbons (Fsp3) is 0.727. The monoisotopic (exact) mass is 239 g/mol. The Morgan fingerprint density at radius 1 is 1.47 bits per heavy atom. The maximum absolute atomic E-state index is 11.3. The van der Waals surface area contributed by atoms with Crippen molar-refractivity contribution in [1.29, 1.82) is 0 Å². The molecule has 0 unspecified atom stereocenters. The molecule has 0 saturated heterocycles. The molecule has 0 aliphatic carbocycles. The Hall–Kier alpha value is -1.43. The van der Waals surface area contributed by atoms with E-state index in [4.69, 9.17) is 0 Å². The van der Waals surface area contributed by atoms with E-state index in [0.717, 1.165) is 5.69 Å². The second-order valence-electron chi connectivity index (χ2n) is 5.22. The molecule has 1 rings (SSSR count). The number of hydrogen-bond donors (Lipinski definition) is 1. The summed E-state index contributed by atoms with van der Waals surface area (Å²) in [6.45, 7) is 7.06. The van der Waals surface area contributed by atoms with Crippen molar-refractivity contribution in [2.45, 2.75) is 32.9 Å². The van der Waals surface area contributed by atoms with E-state index in [-0.39, 0.29) is 11.4 Å². The molecule has 0 aliphatic heterocycles. The Bertz CT molecular complexity index is 377. The Kier molecular flexibility index (Phi) is 4.22. The number of amides is 1. The first-order valence-electron chi connectivity index (χ1n) is 5.63. The molecule has 17 heavy (non-hydrogen) atoms. The first-order chi connectivity index (χ1) is 7.80. The number of carbonyl (C=O) groups excluding carboxylic acids is 1. The van der Waals surface area contributed by atoms with E-state index in [1.807, 2.05) is 10.9 Å². The van der Waals surface area contributed by atoms with Gasteiger partial charge in [0.15, 0.2) is 0 Å². The van der Waals surface area contributed by atoms with E-state index in [9.17, 15) is 4.79 Å². The summed E-state index contributed by atoms with van der Waals surface area (Å²) in [7, 11) is 3.47.